The highest BCUT2D eigenvalue weighted by atomic mass is 16.5. The van der Waals surface area contributed by atoms with Crippen molar-refractivity contribution in [3.63, 3.8) is 0 Å². The van der Waals surface area contributed by atoms with Gasteiger partial charge in [0.25, 0.3) is 5.91 Å². The maximum atomic E-state index is 12.5. The molecule has 0 aliphatic rings. The zero-order chi connectivity index (χ0) is 16.1. The molecule has 0 saturated carbocycles. The van der Waals surface area contributed by atoms with Crippen LogP contribution in [0.5, 0.6) is 5.75 Å². The van der Waals surface area contributed by atoms with Crippen molar-refractivity contribution in [3.8, 4) is 5.75 Å². The fraction of sp³-hybridized carbons (Fsp3) is 0.316. The van der Waals surface area contributed by atoms with Gasteiger partial charge in [-0.15, -0.1) is 0 Å². The monoisotopic (exact) mass is 297 g/mol. The van der Waals surface area contributed by atoms with E-state index in [0.717, 1.165) is 23.3 Å². The van der Waals surface area contributed by atoms with E-state index in [0.29, 0.717) is 5.56 Å². The van der Waals surface area contributed by atoms with Gasteiger partial charge in [0.1, 0.15) is 5.75 Å². The highest BCUT2D eigenvalue weighted by molar-refractivity contribution is 5.95. The van der Waals surface area contributed by atoms with Gasteiger partial charge in [0.15, 0.2) is 0 Å². The summed E-state index contributed by atoms with van der Waals surface area (Å²) >= 11 is 0. The summed E-state index contributed by atoms with van der Waals surface area (Å²) < 4.78 is 5.28. The van der Waals surface area contributed by atoms with Gasteiger partial charge in [-0.1, -0.05) is 42.8 Å². The Morgan fingerprint density at radius 2 is 1.82 bits per heavy atom. The lowest BCUT2D eigenvalue weighted by atomic mass is 10.0. The molecule has 0 spiro atoms. The van der Waals surface area contributed by atoms with Gasteiger partial charge < -0.3 is 10.1 Å². The zero-order valence-corrected chi connectivity index (χ0v) is 13.6. The van der Waals surface area contributed by atoms with Crippen LogP contribution >= 0.6 is 0 Å². The molecular formula is C19H23NO2. The number of amides is 1. The molecular weight excluding hydrogens is 274 g/mol. The van der Waals surface area contributed by atoms with Crippen LogP contribution < -0.4 is 10.1 Å². The minimum atomic E-state index is -0.0780. The Balaban J connectivity index is 2.17. The molecule has 2 aromatic carbocycles. The Morgan fingerprint density at radius 1 is 1.14 bits per heavy atom. The first-order valence-electron chi connectivity index (χ1n) is 7.57. The Labute approximate surface area is 132 Å². The third-order valence-corrected chi connectivity index (χ3v) is 3.86. The average molecular weight is 297 g/mol. The lowest BCUT2D eigenvalue weighted by Crippen LogP contribution is -2.28. The van der Waals surface area contributed by atoms with Gasteiger partial charge in [-0.05, 0) is 43.5 Å². The lowest BCUT2D eigenvalue weighted by molar-refractivity contribution is 0.0935. The number of ether oxygens (including phenoxy) is 1. The number of benzene rings is 2. The van der Waals surface area contributed by atoms with Gasteiger partial charge in [0.05, 0.1) is 13.2 Å². The van der Waals surface area contributed by atoms with Crippen molar-refractivity contribution < 1.29 is 9.53 Å². The summed E-state index contributed by atoms with van der Waals surface area (Å²) in [5.74, 6) is 0.654. The molecule has 1 unspecified atom stereocenters. The van der Waals surface area contributed by atoms with E-state index in [1.165, 1.54) is 5.56 Å². The second-order valence-corrected chi connectivity index (χ2v) is 5.53. The van der Waals surface area contributed by atoms with Crippen LogP contribution in [0.3, 0.4) is 0 Å². The molecule has 0 bridgehead atoms. The summed E-state index contributed by atoms with van der Waals surface area (Å²) in [5.41, 5.74) is 3.98. The molecule has 3 nitrogen and oxygen atoms in total. The van der Waals surface area contributed by atoms with Crippen LogP contribution in [0.4, 0.5) is 0 Å². The van der Waals surface area contributed by atoms with Crippen LogP contribution in [0.2, 0.25) is 0 Å². The van der Waals surface area contributed by atoms with E-state index in [4.69, 9.17) is 4.74 Å². The molecule has 1 atom stereocenters. The predicted octanol–water partition coefficient (Wildman–Crippen LogP) is 4.19. The summed E-state index contributed by atoms with van der Waals surface area (Å²) in [6, 6.07) is 13.8. The molecule has 3 heteroatoms. The van der Waals surface area contributed by atoms with Crippen molar-refractivity contribution in [2.45, 2.75) is 33.2 Å². The Kier molecular flexibility index (Phi) is 5.21. The summed E-state index contributed by atoms with van der Waals surface area (Å²) in [6.45, 7) is 6.09. The molecule has 0 saturated heterocycles. The quantitative estimate of drug-likeness (QED) is 0.898. The van der Waals surface area contributed by atoms with Gasteiger partial charge in [-0.3, -0.25) is 4.79 Å². The second kappa shape index (κ2) is 7.12. The molecule has 1 amide bonds. The van der Waals surface area contributed by atoms with Gasteiger partial charge in [0, 0.05) is 5.56 Å². The predicted molar refractivity (Wildman–Crippen MR) is 89.4 cm³/mol. The molecule has 0 aromatic heterocycles. The number of hydrogen-bond donors (Lipinski definition) is 1. The van der Waals surface area contributed by atoms with E-state index < -0.39 is 0 Å². The maximum Gasteiger partial charge on any atom is 0.251 e. The van der Waals surface area contributed by atoms with Crippen molar-refractivity contribution in [1.82, 2.24) is 5.32 Å². The first-order chi connectivity index (χ1) is 10.5. The van der Waals surface area contributed by atoms with E-state index in [1.54, 1.807) is 13.2 Å². The number of carbonyl (C=O) groups excluding carboxylic acids is 1. The Morgan fingerprint density at radius 3 is 2.41 bits per heavy atom. The smallest absolute Gasteiger partial charge is 0.251 e. The van der Waals surface area contributed by atoms with Crippen LogP contribution in [-0.4, -0.2) is 13.0 Å². The minimum Gasteiger partial charge on any atom is -0.496 e. The molecule has 116 valence electrons. The molecule has 0 radical (unpaired) electrons. The highest BCUT2D eigenvalue weighted by Gasteiger charge is 2.15. The van der Waals surface area contributed by atoms with Crippen molar-refractivity contribution in [1.29, 1.82) is 0 Å². The topological polar surface area (TPSA) is 38.3 Å². The molecule has 0 heterocycles. The molecule has 2 rings (SSSR count). The van der Waals surface area contributed by atoms with E-state index in [1.807, 2.05) is 19.1 Å². The first-order valence-corrected chi connectivity index (χ1v) is 7.57. The van der Waals surface area contributed by atoms with Gasteiger partial charge in [-0.2, -0.15) is 0 Å². The maximum absolute atomic E-state index is 12.5. The van der Waals surface area contributed by atoms with E-state index in [9.17, 15) is 4.79 Å². The minimum absolute atomic E-state index is 0.0143. The van der Waals surface area contributed by atoms with Crippen LogP contribution in [0.1, 0.15) is 46.4 Å². The van der Waals surface area contributed by atoms with Gasteiger partial charge in [-0.25, -0.2) is 0 Å². The van der Waals surface area contributed by atoms with Crippen molar-refractivity contribution in [3.05, 3.63) is 64.7 Å². The van der Waals surface area contributed by atoms with E-state index in [2.05, 4.69) is 43.4 Å². The number of rotatable bonds is 5. The van der Waals surface area contributed by atoms with Crippen LogP contribution in [0.15, 0.2) is 42.5 Å². The molecule has 22 heavy (non-hydrogen) atoms. The lowest BCUT2D eigenvalue weighted by Gasteiger charge is -2.18. The standard InChI is InChI=1S/C19H23NO2/c1-5-17(15-9-6-13(2)7-10-15)20-19(21)16-11-8-14(3)18(12-16)22-4/h6-12,17H,5H2,1-4H3,(H,20,21). The molecule has 0 fully saturated rings. The average Bonchev–Trinajstić information content (AvgIpc) is 2.53. The largest absolute Gasteiger partial charge is 0.496 e. The fourth-order valence-corrected chi connectivity index (χ4v) is 2.42. The highest BCUT2D eigenvalue weighted by Crippen LogP contribution is 2.21. The number of carbonyl (C=O) groups is 1. The number of hydrogen-bond acceptors (Lipinski definition) is 2. The van der Waals surface area contributed by atoms with Gasteiger partial charge in [0.2, 0.25) is 0 Å². The SMILES string of the molecule is CCC(NC(=O)c1ccc(C)c(OC)c1)c1ccc(C)cc1. The van der Waals surface area contributed by atoms with Crippen molar-refractivity contribution in [2.75, 3.05) is 7.11 Å². The summed E-state index contributed by atoms with van der Waals surface area (Å²) in [7, 11) is 1.62. The molecule has 2 aromatic rings. The summed E-state index contributed by atoms with van der Waals surface area (Å²) in [5, 5.41) is 3.10. The second-order valence-electron chi connectivity index (χ2n) is 5.53. The van der Waals surface area contributed by atoms with Crippen LogP contribution in [0.25, 0.3) is 0 Å². The third kappa shape index (κ3) is 3.67. The van der Waals surface area contributed by atoms with Crippen molar-refractivity contribution >= 4 is 5.91 Å². The normalized spacial score (nSPS) is 11.8. The molecule has 0 aliphatic heterocycles. The van der Waals surface area contributed by atoms with Crippen LogP contribution in [-0.2, 0) is 0 Å². The van der Waals surface area contributed by atoms with Crippen LogP contribution in [0, 0.1) is 13.8 Å². The third-order valence-electron chi connectivity index (χ3n) is 3.86. The Hall–Kier alpha value is -2.29. The Bertz CT molecular complexity index is 647. The number of nitrogens with one attached hydrogen (secondary N) is 1. The fourth-order valence-electron chi connectivity index (χ4n) is 2.42. The summed E-state index contributed by atoms with van der Waals surface area (Å²) in [4.78, 5) is 12.5. The first kappa shape index (κ1) is 16.1. The van der Waals surface area contributed by atoms with E-state index >= 15 is 0 Å². The zero-order valence-electron chi connectivity index (χ0n) is 13.6. The number of methoxy groups -OCH3 is 1. The molecule has 0 aliphatic carbocycles. The summed E-state index contributed by atoms with van der Waals surface area (Å²) in [6.07, 6.45) is 0.845. The van der Waals surface area contributed by atoms with Crippen molar-refractivity contribution in [2.24, 2.45) is 0 Å². The molecule has 1 N–H and O–H groups in total. The number of aryl methyl sites for hydroxylation is 2. The van der Waals surface area contributed by atoms with E-state index in [-0.39, 0.29) is 11.9 Å². The van der Waals surface area contributed by atoms with Gasteiger partial charge >= 0.3 is 0 Å².